The van der Waals surface area contributed by atoms with E-state index in [2.05, 4.69) is 11.8 Å². The number of hydrogen-bond donors (Lipinski definition) is 4. The Morgan fingerprint density at radius 3 is 0.833 bits per heavy atom. The van der Waals surface area contributed by atoms with Gasteiger partial charge in [-0.25, -0.2) is 9.59 Å². The molecule has 0 aliphatic heterocycles. The Kier molecular flexibility index (Phi) is 27.7. The van der Waals surface area contributed by atoms with Gasteiger partial charge in [0.1, 0.15) is 0 Å². The summed E-state index contributed by atoms with van der Waals surface area (Å²) in [4.78, 5) is 17.1. The Bertz CT molecular complexity index is 242. The van der Waals surface area contributed by atoms with Crippen molar-refractivity contribution in [1.82, 2.24) is 0 Å². The molecule has 0 saturated heterocycles. The fourth-order valence-electron chi connectivity index (χ4n) is 0. The van der Waals surface area contributed by atoms with E-state index in [1.54, 1.807) is 0 Å². The van der Waals surface area contributed by atoms with Gasteiger partial charge in [-0.05, 0) is 0 Å². The first kappa shape index (κ1) is 24.8. The maximum atomic E-state index is 8.56. The highest BCUT2D eigenvalue weighted by Gasteiger charge is 1.74. The molecule has 0 aromatic rings. The van der Waals surface area contributed by atoms with Gasteiger partial charge in [0, 0.05) is 11.8 Å². The molecule has 0 aliphatic carbocycles. The van der Waals surface area contributed by atoms with Gasteiger partial charge in [-0.3, -0.25) is 0 Å². The summed E-state index contributed by atoms with van der Waals surface area (Å²) in [6, 6.07) is 0. The largest absolute Gasteiger partial charge is 0.503 e. The third-order valence-electron chi connectivity index (χ3n) is 0.667. The summed E-state index contributed by atoms with van der Waals surface area (Å²) in [5.74, 6) is 5.88. The normalized spacial score (nSPS) is 6.89. The van der Waals surface area contributed by atoms with Crippen molar-refractivity contribution in [2.24, 2.45) is 11.8 Å². The molecule has 0 unspecified atom stereocenters. The predicted octanol–water partition coefficient (Wildman–Crippen LogP) is 3.00. The number of carboxylic acid groups (broad SMARTS) is 4. The molecule has 0 amide bonds. The predicted molar refractivity (Wildman–Crippen MR) is 68.6 cm³/mol. The molecular weight excluding hydrogens is 240 g/mol. The van der Waals surface area contributed by atoms with Crippen molar-refractivity contribution >= 4 is 12.3 Å². The van der Waals surface area contributed by atoms with Gasteiger partial charge >= 0.3 is 12.3 Å². The van der Waals surface area contributed by atoms with Crippen LogP contribution in [0, 0.1) is 36.5 Å². The van der Waals surface area contributed by atoms with Crippen LogP contribution in [-0.4, -0.2) is 32.7 Å². The van der Waals surface area contributed by atoms with Crippen LogP contribution in [0.25, 0.3) is 0 Å². The molecule has 0 bridgehead atoms. The summed E-state index contributed by atoms with van der Waals surface area (Å²) < 4.78 is 0. The van der Waals surface area contributed by atoms with Crippen LogP contribution in [0.15, 0.2) is 0 Å². The first-order valence-electron chi connectivity index (χ1n) is 4.77. The van der Waals surface area contributed by atoms with Crippen molar-refractivity contribution in [3.8, 4) is 24.7 Å². The molecule has 0 atom stereocenters. The van der Waals surface area contributed by atoms with Gasteiger partial charge in [0.05, 0.1) is 0 Å². The fraction of sp³-hybridized carbons (Fsp3) is 0.500. The van der Waals surface area contributed by atoms with Crippen molar-refractivity contribution in [3.63, 3.8) is 0 Å². The van der Waals surface area contributed by atoms with Gasteiger partial charge in [0.2, 0.25) is 0 Å². The first-order valence-corrected chi connectivity index (χ1v) is 4.77. The second-order valence-electron chi connectivity index (χ2n) is 3.21. The van der Waals surface area contributed by atoms with Crippen LogP contribution < -0.4 is 0 Å². The Labute approximate surface area is 107 Å². The lowest BCUT2D eigenvalue weighted by Gasteiger charge is -1.80. The molecule has 0 aromatic heterocycles. The average molecular weight is 260 g/mol. The van der Waals surface area contributed by atoms with Crippen LogP contribution >= 0.6 is 0 Å². The third-order valence-corrected chi connectivity index (χ3v) is 0.667. The van der Waals surface area contributed by atoms with E-state index >= 15 is 0 Å². The molecule has 18 heavy (non-hydrogen) atoms. The Balaban J connectivity index is -0.0000000731. The number of terminal acetylenes is 2. The quantitative estimate of drug-likeness (QED) is 0.498. The highest BCUT2D eigenvalue weighted by molar-refractivity contribution is 5.53. The van der Waals surface area contributed by atoms with Gasteiger partial charge < -0.3 is 20.4 Å². The van der Waals surface area contributed by atoms with E-state index in [1.165, 1.54) is 0 Å². The summed E-state index contributed by atoms with van der Waals surface area (Å²) in [5.41, 5.74) is 0. The van der Waals surface area contributed by atoms with Crippen molar-refractivity contribution in [3.05, 3.63) is 0 Å². The van der Waals surface area contributed by atoms with Crippen LogP contribution in [0.3, 0.4) is 0 Å². The maximum Gasteiger partial charge on any atom is 0.503 e. The molecule has 0 fully saturated rings. The second kappa shape index (κ2) is 20.1. The SMILES string of the molecule is C#CC(C)C.C#CC(C)C.O=C(O)O.O=C(O)O. The van der Waals surface area contributed by atoms with Crippen LogP contribution in [0.2, 0.25) is 0 Å². The zero-order chi connectivity index (χ0) is 15.7. The van der Waals surface area contributed by atoms with Crippen LogP contribution in [0.5, 0.6) is 0 Å². The Morgan fingerprint density at radius 1 is 0.778 bits per heavy atom. The molecule has 0 rings (SSSR count). The van der Waals surface area contributed by atoms with E-state index in [-0.39, 0.29) is 0 Å². The number of rotatable bonds is 0. The van der Waals surface area contributed by atoms with Crippen molar-refractivity contribution in [2.45, 2.75) is 27.7 Å². The number of hydrogen-bond acceptors (Lipinski definition) is 2. The molecular formula is C12H20O6. The lowest BCUT2D eigenvalue weighted by Crippen LogP contribution is -1.81. The van der Waals surface area contributed by atoms with E-state index in [9.17, 15) is 0 Å². The van der Waals surface area contributed by atoms with Crippen molar-refractivity contribution in [2.75, 3.05) is 0 Å². The smallest absolute Gasteiger partial charge is 0.450 e. The van der Waals surface area contributed by atoms with Gasteiger partial charge in [-0.1, -0.05) is 27.7 Å². The summed E-state index contributed by atoms with van der Waals surface area (Å²) in [6.45, 7) is 7.94. The van der Waals surface area contributed by atoms with Gasteiger partial charge in [-0.15, -0.1) is 24.7 Å². The fourth-order valence-corrected chi connectivity index (χ4v) is 0. The zero-order valence-electron chi connectivity index (χ0n) is 10.9. The standard InChI is InChI=1S/2C5H8.2CH2O3/c2*1-4-5(2)3;2*2-1(3)4/h2*1,5H,2-3H3;2*(H2,2,3,4). The molecule has 0 radical (unpaired) electrons. The van der Waals surface area contributed by atoms with Crippen molar-refractivity contribution in [1.29, 1.82) is 0 Å². The highest BCUT2D eigenvalue weighted by Crippen LogP contribution is 1.82. The van der Waals surface area contributed by atoms with E-state index in [1.807, 2.05) is 27.7 Å². The summed E-state index contributed by atoms with van der Waals surface area (Å²) in [6.07, 6.45) is 6.18. The van der Waals surface area contributed by atoms with E-state index in [0.29, 0.717) is 11.8 Å². The van der Waals surface area contributed by atoms with Crippen LogP contribution in [-0.2, 0) is 0 Å². The third kappa shape index (κ3) is 795. The molecule has 4 N–H and O–H groups in total. The average Bonchev–Trinajstić information content (AvgIpc) is 2.16. The lowest BCUT2D eigenvalue weighted by atomic mass is 10.2. The molecule has 6 nitrogen and oxygen atoms in total. The number of carbonyl (C=O) groups is 2. The highest BCUT2D eigenvalue weighted by atomic mass is 16.6. The monoisotopic (exact) mass is 260 g/mol. The van der Waals surface area contributed by atoms with Crippen LogP contribution in [0.4, 0.5) is 9.59 Å². The molecule has 0 saturated carbocycles. The second-order valence-corrected chi connectivity index (χ2v) is 3.21. The minimum atomic E-state index is -1.83. The van der Waals surface area contributed by atoms with Gasteiger partial charge in [0.15, 0.2) is 0 Å². The van der Waals surface area contributed by atoms with Crippen molar-refractivity contribution < 1.29 is 30.0 Å². The molecule has 0 spiro atoms. The topological polar surface area (TPSA) is 115 Å². The maximum absolute atomic E-state index is 8.56. The zero-order valence-corrected chi connectivity index (χ0v) is 10.9. The van der Waals surface area contributed by atoms with Gasteiger partial charge in [0.25, 0.3) is 0 Å². The molecule has 6 heteroatoms. The first-order chi connectivity index (χ1) is 8.00. The van der Waals surface area contributed by atoms with Crippen LogP contribution in [0.1, 0.15) is 27.7 Å². The Morgan fingerprint density at radius 2 is 0.833 bits per heavy atom. The minimum absolute atomic E-state index is 0.412. The minimum Gasteiger partial charge on any atom is -0.450 e. The summed E-state index contributed by atoms with van der Waals surface area (Å²) in [7, 11) is 0. The van der Waals surface area contributed by atoms with E-state index in [4.69, 9.17) is 42.9 Å². The molecule has 0 aromatic carbocycles. The van der Waals surface area contributed by atoms with E-state index in [0.717, 1.165) is 0 Å². The molecule has 104 valence electrons. The lowest BCUT2D eigenvalue weighted by molar-refractivity contribution is 0.135. The Hall–Kier alpha value is -2.34. The molecule has 0 heterocycles. The molecule has 0 aliphatic rings. The summed E-state index contributed by atoms with van der Waals surface area (Å²) in [5, 5.41) is 27.9. The van der Waals surface area contributed by atoms with E-state index < -0.39 is 12.3 Å². The van der Waals surface area contributed by atoms with Gasteiger partial charge in [-0.2, -0.15) is 0 Å². The summed E-state index contributed by atoms with van der Waals surface area (Å²) >= 11 is 0.